The van der Waals surface area contributed by atoms with Gasteiger partial charge in [-0.2, -0.15) is 0 Å². The third-order valence-electron chi connectivity index (χ3n) is 4.36. The minimum atomic E-state index is -0.362. The van der Waals surface area contributed by atoms with E-state index in [4.69, 9.17) is 0 Å². The van der Waals surface area contributed by atoms with Crippen molar-refractivity contribution in [3.05, 3.63) is 16.8 Å². The molecule has 3 rings (SSSR count). The summed E-state index contributed by atoms with van der Waals surface area (Å²) >= 11 is 3.28. The van der Waals surface area contributed by atoms with Gasteiger partial charge in [0.05, 0.1) is 6.10 Å². The first kappa shape index (κ1) is 17.6. The molecule has 3 heterocycles. The first-order chi connectivity index (χ1) is 11.6. The maximum absolute atomic E-state index is 12.0. The van der Waals surface area contributed by atoms with Gasteiger partial charge in [0.25, 0.3) is 0 Å². The van der Waals surface area contributed by atoms with Gasteiger partial charge in [0.1, 0.15) is 16.2 Å². The lowest BCUT2D eigenvalue weighted by molar-refractivity contribution is -0.120. The monoisotopic (exact) mass is 366 g/mol. The molecule has 1 aliphatic rings. The number of thioether (sulfide) groups is 1. The first-order valence-corrected chi connectivity index (χ1v) is 9.85. The number of amides is 1. The highest BCUT2D eigenvalue weighted by Gasteiger charge is 2.24. The molecule has 0 saturated carbocycles. The number of carbonyl (C=O) groups excluding carboxylic acids is 1. The van der Waals surface area contributed by atoms with Gasteiger partial charge in [0, 0.05) is 48.0 Å². The molecule has 0 radical (unpaired) electrons. The van der Waals surface area contributed by atoms with Crippen LogP contribution in [-0.2, 0) is 4.79 Å². The molecule has 1 fully saturated rings. The lowest BCUT2D eigenvalue weighted by atomic mass is 10.1. The topological polar surface area (TPSA) is 87.1 Å². The van der Waals surface area contributed by atoms with Gasteiger partial charge in [-0.3, -0.25) is 4.79 Å². The zero-order valence-electron chi connectivity index (χ0n) is 13.8. The summed E-state index contributed by atoms with van der Waals surface area (Å²) in [6.45, 7) is 6.08. The number of aryl methyl sites for hydroxylation is 2. The standard InChI is InChI=1S/C16H22N4O2S2/c1-9-10(2)24-16-14(9)15(19-8-20-16)23-4-3-13(22)18-6-11-5-17-7-12(11)21/h8,11-12,17,21H,3-7H2,1-2H3,(H,18,22). The van der Waals surface area contributed by atoms with Crippen molar-refractivity contribution in [1.82, 2.24) is 20.6 Å². The molecule has 6 nitrogen and oxygen atoms in total. The zero-order valence-corrected chi connectivity index (χ0v) is 15.5. The summed E-state index contributed by atoms with van der Waals surface area (Å²) in [5.74, 6) is 0.808. The minimum absolute atomic E-state index is 0.0186. The van der Waals surface area contributed by atoms with Crippen LogP contribution in [0.4, 0.5) is 0 Å². The molecule has 0 aromatic carbocycles. The molecule has 0 aliphatic carbocycles. The van der Waals surface area contributed by atoms with E-state index in [1.165, 1.54) is 10.4 Å². The lowest BCUT2D eigenvalue weighted by Crippen LogP contribution is -2.34. The molecule has 2 unspecified atom stereocenters. The van der Waals surface area contributed by atoms with E-state index in [1.54, 1.807) is 29.4 Å². The van der Waals surface area contributed by atoms with Gasteiger partial charge in [-0.1, -0.05) is 0 Å². The molecular weight excluding hydrogens is 344 g/mol. The molecule has 1 saturated heterocycles. The number of carbonyl (C=O) groups is 1. The van der Waals surface area contributed by atoms with E-state index in [-0.39, 0.29) is 17.9 Å². The van der Waals surface area contributed by atoms with Crippen molar-refractivity contribution in [3.63, 3.8) is 0 Å². The fourth-order valence-corrected chi connectivity index (χ4v) is 4.82. The lowest BCUT2D eigenvalue weighted by Gasteiger charge is -2.13. The molecule has 8 heteroatoms. The maximum atomic E-state index is 12.0. The number of fused-ring (bicyclic) bond motifs is 1. The fraction of sp³-hybridized carbons (Fsp3) is 0.562. The van der Waals surface area contributed by atoms with Gasteiger partial charge >= 0.3 is 0 Å². The Bertz CT molecular complexity index is 734. The van der Waals surface area contributed by atoms with Crippen molar-refractivity contribution in [2.24, 2.45) is 5.92 Å². The Kier molecular flexibility index (Phi) is 5.70. The number of aliphatic hydroxyl groups excluding tert-OH is 1. The van der Waals surface area contributed by atoms with Crippen molar-refractivity contribution in [2.45, 2.75) is 31.4 Å². The van der Waals surface area contributed by atoms with E-state index in [1.807, 2.05) is 0 Å². The smallest absolute Gasteiger partial charge is 0.220 e. The number of aromatic nitrogens is 2. The molecular formula is C16H22N4O2S2. The van der Waals surface area contributed by atoms with E-state index in [2.05, 4.69) is 34.4 Å². The third kappa shape index (κ3) is 3.88. The second-order valence-electron chi connectivity index (χ2n) is 6.03. The van der Waals surface area contributed by atoms with Crippen LogP contribution in [0.1, 0.15) is 16.9 Å². The molecule has 130 valence electrons. The van der Waals surface area contributed by atoms with Crippen LogP contribution in [0.2, 0.25) is 0 Å². The third-order valence-corrected chi connectivity index (χ3v) is 6.47. The Balaban J connectivity index is 1.50. The minimum Gasteiger partial charge on any atom is -0.391 e. The van der Waals surface area contributed by atoms with Crippen molar-refractivity contribution < 1.29 is 9.90 Å². The number of nitrogens with zero attached hydrogens (tertiary/aromatic N) is 2. The Morgan fingerprint density at radius 1 is 1.46 bits per heavy atom. The number of aliphatic hydroxyl groups is 1. The molecule has 0 bridgehead atoms. The maximum Gasteiger partial charge on any atom is 0.220 e. The van der Waals surface area contributed by atoms with Crippen molar-refractivity contribution in [3.8, 4) is 0 Å². The number of rotatable bonds is 6. The molecule has 1 amide bonds. The number of hydrogen-bond acceptors (Lipinski definition) is 7. The summed E-state index contributed by atoms with van der Waals surface area (Å²) in [6.07, 6.45) is 1.67. The molecule has 24 heavy (non-hydrogen) atoms. The van der Waals surface area contributed by atoms with Crippen LogP contribution in [0.3, 0.4) is 0 Å². The summed E-state index contributed by atoms with van der Waals surface area (Å²) in [5.41, 5.74) is 1.23. The number of thiophene rings is 1. The van der Waals surface area contributed by atoms with E-state index in [9.17, 15) is 9.90 Å². The summed E-state index contributed by atoms with van der Waals surface area (Å²) in [5, 5.41) is 17.8. The second-order valence-corrected chi connectivity index (χ2v) is 8.32. The number of nitrogens with one attached hydrogen (secondary N) is 2. The van der Waals surface area contributed by atoms with E-state index < -0.39 is 0 Å². The van der Waals surface area contributed by atoms with Crippen molar-refractivity contribution >= 4 is 39.2 Å². The molecule has 0 spiro atoms. The normalized spacial score (nSPS) is 20.6. The highest BCUT2D eigenvalue weighted by Crippen LogP contribution is 2.34. The van der Waals surface area contributed by atoms with Gasteiger partial charge in [-0.05, 0) is 19.4 Å². The van der Waals surface area contributed by atoms with Gasteiger partial charge < -0.3 is 15.7 Å². The molecule has 2 aromatic heterocycles. The predicted molar refractivity (Wildman–Crippen MR) is 97.6 cm³/mol. The highest BCUT2D eigenvalue weighted by atomic mass is 32.2. The highest BCUT2D eigenvalue weighted by molar-refractivity contribution is 7.99. The summed E-state index contributed by atoms with van der Waals surface area (Å²) in [6, 6.07) is 0. The Morgan fingerprint density at radius 2 is 2.29 bits per heavy atom. The predicted octanol–water partition coefficient (Wildman–Crippen LogP) is 1.49. The van der Waals surface area contributed by atoms with Crippen molar-refractivity contribution in [2.75, 3.05) is 25.4 Å². The van der Waals surface area contributed by atoms with Crippen LogP contribution in [0.25, 0.3) is 10.2 Å². The Hall–Kier alpha value is -1.22. The van der Waals surface area contributed by atoms with Gasteiger partial charge in [-0.15, -0.1) is 23.1 Å². The summed E-state index contributed by atoms with van der Waals surface area (Å²) < 4.78 is 0. The zero-order chi connectivity index (χ0) is 17.1. The van der Waals surface area contributed by atoms with Crippen LogP contribution >= 0.6 is 23.1 Å². The SMILES string of the molecule is Cc1sc2ncnc(SCCC(=O)NCC3CNCC3O)c2c1C. The Morgan fingerprint density at radius 3 is 3.04 bits per heavy atom. The second kappa shape index (κ2) is 7.77. The average Bonchev–Trinajstić information content (AvgIpc) is 3.09. The van der Waals surface area contributed by atoms with Crippen LogP contribution in [0, 0.1) is 19.8 Å². The van der Waals surface area contributed by atoms with Crippen molar-refractivity contribution in [1.29, 1.82) is 0 Å². The summed E-state index contributed by atoms with van der Waals surface area (Å²) in [4.78, 5) is 23.0. The van der Waals surface area contributed by atoms with E-state index in [0.29, 0.717) is 25.3 Å². The van der Waals surface area contributed by atoms with Gasteiger partial charge in [0.15, 0.2) is 0 Å². The first-order valence-electron chi connectivity index (χ1n) is 8.05. The van der Waals surface area contributed by atoms with Gasteiger partial charge in [-0.25, -0.2) is 9.97 Å². The molecule has 2 atom stereocenters. The Labute approximate surface area is 149 Å². The van der Waals surface area contributed by atoms with Crippen LogP contribution in [0.15, 0.2) is 11.4 Å². The summed E-state index contributed by atoms with van der Waals surface area (Å²) in [7, 11) is 0. The fourth-order valence-electron chi connectivity index (χ4n) is 2.76. The average molecular weight is 367 g/mol. The quantitative estimate of drug-likeness (QED) is 0.530. The van der Waals surface area contributed by atoms with Crippen LogP contribution in [-0.4, -0.2) is 52.5 Å². The van der Waals surface area contributed by atoms with Crippen LogP contribution in [0.5, 0.6) is 0 Å². The van der Waals surface area contributed by atoms with E-state index >= 15 is 0 Å². The number of hydrogen-bond donors (Lipinski definition) is 3. The molecule has 1 aliphatic heterocycles. The molecule has 2 aromatic rings. The van der Waals surface area contributed by atoms with Gasteiger partial charge in [0.2, 0.25) is 5.91 Å². The largest absolute Gasteiger partial charge is 0.391 e. The van der Waals surface area contributed by atoms with Crippen LogP contribution < -0.4 is 10.6 Å². The molecule has 3 N–H and O–H groups in total. The number of β-amino-alcohol motifs (C(OH)–C–C–N with tert-alkyl or cyclic N) is 1. The van der Waals surface area contributed by atoms with E-state index in [0.717, 1.165) is 21.8 Å².